The van der Waals surface area contributed by atoms with Crippen LogP contribution in [-0.4, -0.2) is 35.9 Å². The zero-order chi connectivity index (χ0) is 25.2. The molecule has 35 heavy (non-hydrogen) atoms. The predicted molar refractivity (Wildman–Crippen MR) is 143 cm³/mol. The van der Waals surface area contributed by atoms with Crippen molar-refractivity contribution in [3.63, 3.8) is 0 Å². The van der Waals surface area contributed by atoms with Gasteiger partial charge in [-0.25, -0.2) is 0 Å². The molecule has 0 radical (unpaired) electrons. The summed E-state index contributed by atoms with van der Waals surface area (Å²) in [5.74, 6) is 0.519. The predicted octanol–water partition coefficient (Wildman–Crippen LogP) is 5.55. The minimum Gasteiger partial charge on any atom is -0.484 e. The molecule has 1 N–H and O–H groups in total. The molecule has 3 aromatic carbocycles. The number of hydrogen-bond acceptors (Lipinski definition) is 3. The molecule has 0 fully saturated rings. The number of nitrogens with zero attached hydrogens (tertiary/aromatic N) is 1. The minimum atomic E-state index is -0.672. The van der Waals surface area contributed by atoms with Gasteiger partial charge in [0.2, 0.25) is 5.91 Å². The molecule has 3 rings (SSSR count). The Morgan fingerprint density at radius 1 is 0.914 bits per heavy atom. The first-order valence-electron chi connectivity index (χ1n) is 11.9. The second-order valence-corrected chi connectivity index (χ2v) is 10.0. The molecule has 0 aromatic heterocycles. The van der Waals surface area contributed by atoms with Crippen LogP contribution in [0.4, 0.5) is 0 Å². The standard InChI is InChI=1S/C29H33BrN2O3/c1-21(2)18-31-29(34)27(17-23-7-5-4-6-8-23)32(19-24-11-13-25(30)14-12-24)28(33)20-35-26-15-9-22(3)10-16-26/h4-16,21,27H,17-20H2,1-3H3,(H,31,34). The van der Waals surface area contributed by atoms with Gasteiger partial charge in [-0.15, -0.1) is 0 Å². The van der Waals surface area contributed by atoms with Crippen molar-refractivity contribution in [2.45, 2.75) is 39.8 Å². The van der Waals surface area contributed by atoms with Crippen LogP contribution in [0.5, 0.6) is 5.75 Å². The van der Waals surface area contributed by atoms with Crippen LogP contribution in [0.15, 0.2) is 83.3 Å². The molecule has 0 saturated carbocycles. The van der Waals surface area contributed by atoms with Crippen molar-refractivity contribution in [1.29, 1.82) is 0 Å². The smallest absolute Gasteiger partial charge is 0.261 e. The third-order valence-corrected chi connectivity index (χ3v) is 6.13. The summed E-state index contributed by atoms with van der Waals surface area (Å²) in [5, 5.41) is 3.03. The number of rotatable bonds is 11. The average Bonchev–Trinajstić information content (AvgIpc) is 2.86. The number of halogens is 1. The van der Waals surface area contributed by atoms with Crippen molar-refractivity contribution in [1.82, 2.24) is 10.2 Å². The van der Waals surface area contributed by atoms with Crippen LogP contribution in [0.2, 0.25) is 0 Å². The van der Waals surface area contributed by atoms with Gasteiger partial charge in [0.1, 0.15) is 11.8 Å². The summed E-state index contributed by atoms with van der Waals surface area (Å²) < 4.78 is 6.76. The Labute approximate surface area is 216 Å². The second kappa shape index (κ2) is 13.1. The third-order valence-electron chi connectivity index (χ3n) is 5.61. The number of aryl methyl sites for hydroxylation is 1. The molecule has 0 heterocycles. The molecule has 0 aliphatic carbocycles. The van der Waals surface area contributed by atoms with Gasteiger partial charge in [-0.2, -0.15) is 0 Å². The van der Waals surface area contributed by atoms with Gasteiger partial charge >= 0.3 is 0 Å². The van der Waals surface area contributed by atoms with Gasteiger partial charge in [-0.05, 0) is 48.2 Å². The first kappa shape index (κ1) is 26.5. The molecule has 2 amide bonds. The number of carbonyl (C=O) groups excluding carboxylic acids is 2. The van der Waals surface area contributed by atoms with Crippen LogP contribution < -0.4 is 10.1 Å². The fourth-order valence-electron chi connectivity index (χ4n) is 3.63. The Morgan fingerprint density at radius 2 is 1.57 bits per heavy atom. The summed E-state index contributed by atoms with van der Waals surface area (Å²) in [6, 6.07) is 24.5. The van der Waals surface area contributed by atoms with Crippen LogP contribution in [0.1, 0.15) is 30.5 Å². The lowest BCUT2D eigenvalue weighted by Gasteiger charge is -2.31. The van der Waals surface area contributed by atoms with Gasteiger partial charge in [-0.1, -0.05) is 89.9 Å². The maximum Gasteiger partial charge on any atom is 0.261 e. The lowest BCUT2D eigenvalue weighted by atomic mass is 10.0. The van der Waals surface area contributed by atoms with Crippen molar-refractivity contribution in [2.75, 3.05) is 13.2 Å². The number of carbonyl (C=O) groups is 2. The highest BCUT2D eigenvalue weighted by Crippen LogP contribution is 2.18. The molecule has 184 valence electrons. The monoisotopic (exact) mass is 536 g/mol. The molecule has 0 aliphatic heterocycles. The Kier molecular flexibility index (Phi) is 9.91. The van der Waals surface area contributed by atoms with Gasteiger partial charge in [0.05, 0.1) is 0 Å². The summed E-state index contributed by atoms with van der Waals surface area (Å²) in [6.45, 7) is 6.79. The van der Waals surface area contributed by atoms with E-state index < -0.39 is 6.04 Å². The van der Waals surface area contributed by atoms with Crippen LogP contribution in [0, 0.1) is 12.8 Å². The summed E-state index contributed by atoms with van der Waals surface area (Å²) in [6.07, 6.45) is 0.414. The number of hydrogen-bond donors (Lipinski definition) is 1. The minimum absolute atomic E-state index is 0.150. The zero-order valence-corrected chi connectivity index (χ0v) is 22.1. The van der Waals surface area contributed by atoms with Crippen molar-refractivity contribution < 1.29 is 14.3 Å². The molecule has 3 aromatic rings. The Hall–Kier alpha value is -3.12. The number of benzene rings is 3. The van der Waals surface area contributed by atoms with E-state index in [0.29, 0.717) is 31.2 Å². The van der Waals surface area contributed by atoms with E-state index >= 15 is 0 Å². The second-order valence-electron chi connectivity index (χ2n) is 9.09. The van der Waals surface area contributed by atoms with E-state index in [2.05, 4.69) is 21.2 Å². The average molecular weight is 537 g/mol. The lowest BCUT2D eigenvalue weighted by Crippen LogP contribution is -2.52. The largest absolute Gasteiger partial charge is 0.484 e. The molecule has 5 nitrogen and oxygen atoms in total. The van der Waals surface area contributed by atoms with Crippen LogP contribution in [0.25, 0.3) is 0 Å². The normalized spacial score (nSPS) is 11.7. The van der Waals surface area contributed by atoms with Crippen molar-refractivity contribution in [3.05, 3.63) is 100 Å². The van der Waals surface area contributed by atoms with Gasteiger partial charge in [0.15, 0.2) is 6.61 Å². The van der Waals surface area contributed by atoms with Crippen molar-refractivity contribution in [3.8, 4) is 5.75 Å². The van der Waals surface area contributed by atoms with Crippen LogP contribution >= 0.6 is 15.9 Å². The topological polar surface area (TPSA) is 58.6 Å². The molecule has 0 aliphatic rings. The maximum absolute atomic E-state index is 13.5. The molecule has 0 bridgehead atoms. The van der Waals surface area contributed by atoms with Gasteiger partial charge in [-0.3, -0.25) is 9.59 Å². The number of amides is 2. The molecular weight excluding hydrogens is 504 g/mol. The van der Waals surface area contributed by atoms with Crippen LogP contribution in [0.3, 0.4) is 0 Å². The molecule has 6 heteroatoms. The summed E-state index contributed by atoms with van der Waals surface area (Å²) >= 11 is 3.46. The van der Waals surface area contributed by atoms with Gasteiger partial charge < -0.3 is 15.0 Å². The fourth-order valence-corrected chi connectivity index (χ4v) is 3.89. The Morgan fingerprint density at radius 3 is 2.20 bits per heavy atom. The lowest BCUT2D eigenvalue weighted by molar-refractivity contribution is -0.142. The third kappa shape index (κ3) is 8.55. The van der Waals surface area contributed by atoms with E-state index in [1.165, 1.54) is 0 Å². The quantitative estimate of drug-likeness (QED) is 0.349. The van der Waals surface area contributed by atoms with Crippen molar-refractivity contribution >= 4 is 27.7 Å². The summed E-state index contributed by atoms with van der Waals surface area (Å²) in [7, 11) is 0. The zero-order valence-electron chi connectivity index (χ0n) is 20.5. The molecule has 0 saturated heterocycles. The molecule has 1 unspecified atom stereocenters. The van der Waals surface area contributed by atoms with Gasteiger partial charge in [0.25, 0.3) is 5.91 Å². The maximum atomic E-state index is 13.5. The first-order valence-corrected chi connectivity index (χ1v) is 12.7. The highest BCUT2D eigenvalue weighted by Gasteiger charge is 2.30. The summed E-state index contributed by atoms with van der Waals surface area (Å²) in [4.78, 5) is 28.6. The van der Waals surface area contributed by atoms with E-state index in [9.17, 15) is 9.59 Å². The molecular formula is C29H33BrN2O3. The van der Waals surface area contributed by atoms with Crippen LogP contribution in [-0.2, 0) is 22.6 Å². The number of nitrogens with one attached hydrogen (secondary N) is 1. The molecule has 1 atom stereocenters. The van der Waals surface area contributed by atoms with E-state index in [1.807, 2.05) is 99.6 Å². The highest BCUT2D eigenvalue weighted by molar-refractivity contribution is 9.10. The number of ether oxygens (including phenoxy) is 1. The van der Waals surface area contributed by atoms with E-state index in [0.717, 1.165) is 21.2 Å². The van der Waals surface area contributed by atoms with E-state index in [1.54, 1.807) is 4.90 Å². The highest BCUT2D eigenvalue weighted by atomic mass is 79.9. The summed E-state index contributed by atoms with van der Waals surface area (Å²) in [5.41, 5.74) is 3.04. The van der Waals surface area contributed by atoms with E-state index in [4.69, 9.17) is 4.74 Å². The Balaban J connectivity index is 1.88. The fraction of sp³-hybridized carbons (Fsp3) is 0.310. The SMILES string of the molecule is Cc1ccc(OCC(=O)N(Cc2ccc(Br)cc2)C(Cc2ccccc2)C(=O)NCC(C)C)cc1. The van der Waals surface area contributed by atoms with E-state index in [-0.39, 0.29) is 18.4 Å². The van der Waals surface area contributed by atoms with Crippen molar-refractivity contribution in [2.24, 2.45) is 5.92 Å². The molecule has 0 spiro atoms. The van der Waals surface area contributed by atoms with Gasteiger partial charge in [0, 0.05) is 24.0 Å². The first-order chi connectivity index (χ1) is 16.8. The Bertz CT molecular complexity index is 1080.